The summed E-state index contributed by atoms with van der Waals surface area (Å²) in [5, 5.41) is 9.98. The topological polar surface area (TPSA) is 37.3 Å². The number of aliphatic hydroxyl groups is 1. The molecule has 1 aromatic carbocycles. The molecule has 0 aliphatic rings. The van der Waals surface area contributed by atoms with Crippen LogP contribution in [0.25, 0.3) is 0 Å². The van der Waals surface area contributed by atoms with E-state index in [4.69, 9.17) is 0 Å². The summed E-state index contributed by atoms with van der Waals surface area (Å²) < 4.78 is 50.5. The number of ketones is 1. The molecule has 1 aromatic rings. The summed E-state index contributed by atoms with van der Waals surface area (Å²) in [5.41, 5.74) is -3.37. The first-order valence-electron chi connectivity index (χ1n) is 5.79. The molecule has 0 spiro atoms. The lowest BCUT2D eigenvalue weighted by atomic mass is 9.87. The van der Waals surface area contributed by atoms with E-state index in [0.717, 1.165) is 6.07 Å². The van der Waals surface area contributed by atoms with Crippen molar-refractivity contribution >= 4 is 5.78 Å². The number of carbonyl (C=O) groups excluding carboxylic acids is 1. The van der Waals surface area contributed by atoms with Gasteiger partial charge in [-0.15, -0.1) is 0 Å². The van der Waals surface area contributed by atoms with Gasteiger partial charge in [-0.05, 0) is 25.0 Å². The molecular formula is C13H14F4O2. The minimum atomic E-state index is -4.81. The van der Waals surface area contributed by atoms with Crippen molar-refractivity contribution < 1.29 is 27.5 Å². The maximum atomic E-state index is 13.3. The summed E-state index contributed by atoms with van der Waals surface area (Å²) in [7, 11) is 0. The fourth-order valence-corrected chi connectivity index (χ4v) is 1.73. The van der Waals surface area contributed by atoms with Crippen LogP contribution in [-0.2, 0) is 6.18 Å². The maximum Gasteiger partial charge on any atom is 0.419 e. The van der Waals surface area contributed by atoms with E-state index in [-0.39, 0.29) is 18.4 Å². The number of Topliss-reactive ketones (excluding diaryl/α,β-unsaturated/α-hetero) is 1. The molecule has 2 nitrogen and oxygen atoms in total. The molecule has 0 unspecified atom stereocenters. The molecule has 1 rings (SSSR count). The Labute approximate surface area is 108 Å². The molecule has 1 N–H and O–H groups in total. The Kier molecular flexibility index (Phi) is 4.35. The smallest absolute Gasteiger partial charge is 0.382 e. The van der Waals surface area contributed by atoms with Crippen LogP contribution in [0.4, 0.5) is 17.6 Å². The lowest BCUT2D eigenvalue weighted by molar-refractivity contribution is -0.140. The molecule has 0 heterocycles. The average molecular weight is 278 g/mol. The van der Waals surface area contributed by atoms with Gasteiger partial charge >= 0.3 is 6.18 Å². The molecule has 106 valence electrons. The van der Waals surface area contributed by atoms with Crippen molar-refractivity contribution in [2.75, 3.05) is 0 Å². The van der Waals surface area contributed by atoms with Crippen molar-refractivity contribution in [3.8, 4) is 0 Å². The summed E-state index contributed by atoms with van der Waals surface area (Å²) >= 11 is 0. The third-order valence-corrected chi connectivity index (χ3v) is 3.13. The van der Waals surface area contributed by atoms with Crippen LogP contribution in [0.5, 0.6) is 0 Å². The van der Waals surface area contributed by atoms with Gasteiger partial charge in [-0.3, -0.25) is 4.79 Å². The highest BCUT2D eigenvalue weighted by atomic mass is 19.4. The summed E-state index contributed by atoms with van der Waals surface area (Å²) in [5.74, 6) is -2.29. The van der Waals surface area contributed by atoms with Crippen molar-refractivity contribution in [3.05, 3.63) is 35.1 Å². The van der Waals surface area contributed by atoms with Crippen molar-refractivity contribution in [3.63, 3.8) is 0 Å². The molecule has 0 aromatic heterocycles. The van der Waals surface area contributed by atoms with Crippen molar-refractivity contribution in [1.29, 1.82) is 0 Å². The predicted octanol–water partition coefficient (Wildman–Crippen LogP) is 3.58. The zero-order chi connectivity index (χ0) is 14.8. The average Bonchev–Trinajstić information content (AvgIpc) is 2.35. The van der Waals surface area contributed by atoms with Gasteiger partial charge < -0.3 is 5.11 Å². The first kappa shape index (κ1) is 15.6. The SMILES string of the molecule is CCC(O)(CC)C(=O)c1ccc(C(F)(F)F)c(F)c1. The standard InChI is InChI=1S/C13H14F4O2/c1-3-12(19,4-2)11(18)8-5-6-9(10(14)7-8)13(15,16)17/h5-7,19H,3-4H2,1-2H3. The Morgan fingerprint density at radius 2 is 1.74 bits per heavy atom. The third kappa shape index (κ3) is 3.12. The van der Waals surface area contributed by atoms with Crippen molar-refractivity contribution in [2.24, 2.45) is 0 Å². The summed E-state index contributed by atoms with van der Waals surface area (Å²) in [4.78, 5) is 11.9. The monoisotopic (exact) mass is 278 g/mol. The molecule has 6 heteroatoms. The highest BCUT2D eigenvalue weighted by Crippen LogP contribution is 2.32. The minimum Gasteiger partial charge on any atom is -0.382 e. The molecule has 19 heavy (non-hydrogen) atoms. The molecule has 0 amide bonds. The van der Waals surface area contributed by atoms with Gasteiger partial charge in [0, 0.05) is 5.56 Å². The number of alkyl halides is 3. The zero-order valence-electron chi connectivity index (χ0n) is 10.5. The largest absolute Gasteiger partial charge is 0.419 e. The van der Waals surface area contributed by atoms with E-state index in [2.05, 4.69) is 0 Å². The number of rotatable bonds is 4. The highest BCUT2D eigenvalue weighted by molar-refractivity contribution is 6.02. The number of hydrogen-bond acceptors (Lipinski definition) is 2. The minimum absolute atomic E-state index is 0.102. The normalized spacial score (nSPS) is 12.6. The second kappa shape index (κ2) is 5.28. The van der Waals surface area contributed by atoms with Gasteiger partial charge in [0.05, 0.1) is 5.56 Å². The van der Waals surface area contributed by atoms with E-state index >= 15 is 0 Å². The van der Waals surface area contributed by atoms with E-state index in [0.29, 0.717) is 12.1 Å². The summed E-state index contributed by atoms with van der Waals surface area (Å²) in [6.07, 6.45) is -4.60. The first-order valence-corrected chi connectivity index (χ1v) is 5.79. The van der Waals surface area contributed by atoms with E-state index in [1.807, 2.05) is 0 Å². The fourth-order valence-electron chi connectivity index (χ4n) is 1.73. The Bertz CT molecular complexity index is 476. The number of benzene rings is 1. The van der Waals surface area contributed by atoms with Crippen LogP contribution < -0.4 is 0 Å². The molecule has 0 aliphatic carbocycles. The van der Waals surface area contributed by atoms with E-state index in [1.54, 1.807) is 13.8 Å². The van der Waals surface area contributed by atoms with E-state index in [1.165, 1.54) is 0 Å². The lowest BCUT2D eigenvalue weighted by Gasteiger charge is -2.23. The van der Waals surface area contributed by atoms with Crippen LogP contribution in [0.15, 0.2) is 18.2 Å². The third-order valence-electron chi connectivity index (χ3n) is 3.13. The molecule has 0 saturated heterocycles. The summed E-state index contributed by atoms with van der Waals surface area (Å²) in [6, 6.07) is 1.90. The lowest BCUT2D eigenvalue weighted by Crippen LogP contribution is -2.37. The Morgan fingerprint density at radius 3 is 2.11 bits per heavy atom. The molecule has 0 bridgehead atoms. The highest BCUT2D eigenvalue weighted by Gasteiger charge is 2.36. The summed E-state index contributed by atoms with van der Waals surface area (Å²) in [6.45, 7) is 3.14. The molecule has 0 atom stereocenters. The van der Waals surface area contributed by atoms with Crippen molar-refractivity contribution in [1.82, 2.24) is 0 Å². The van der Waals surface area contributed by atoms with Gasteiger partial charge in [-0.2, -0.15) is 13.2 Å². The Balaban J connectivity index is 3.19. The maximum absolute atomic E-state index is 13.3. The van der Waals surface area contributed by atoms with Gasteiger partial charge in [-0.1, -0.05) is 19.9 Å². The fraction of sp³-hybridized carbons (Fsp3) is 0.462. The zero-order valence-corrected chi connectivity index (χ0v) is 10.5. The van der Waals surface area contributed by atoms with Crippen LogP contribution in [0.3, 0.4) is 0 Å². The van der Waals surface area contributed by atoms with E-state index in [9.17, 15) is 27.5 Å². The van der Waals surface area contributed by atoms with Gasteiger partial charge in [0.15, 0.2) is 5.78 Å². The van der Waals surface area contributed by atoms with Gasteiger partial charge in [-0.25, -0.2) is 4.39 Å². The number of hydrogen-bond donors (Lipinski definition) is 1. The molecule has 0 saturated carbocycles. The van der Waals surface area contributed by atoms with Gasteiger partial charge in [0.25, 0.3) is 0 Å². The first-order chi connectivity index (χ1) is 8.65. The predicted molar refractivity (Wildman–Crippen MR) is 61.3 cm³/mol. The number of carbonyl (C=O) groups is 1. The quantitative estimate of drug-likeness (QED) is 0.675. The molecule has 0 fully saturated rings. The number of halogens is 4. The van der Waals surface area contributed by atoms with Gasteiger partial charge in [0.2, 0.25) is 0 Å². The molecule has 0 radical (unpaired) electrons. The van der Waals surface area contributed by atoms with Crippen LogP contribution in [0.1, 0.15) is 42.6 Å². The Morgan fingerprint density at radius 1 is 1.21 bits per heavy atom. The van der Waals surface area contributed by atoms with Gasteiger partial charge in [0.1, 0.15) is 11.4 Å². The Hall–Kier alpha value is -1.43. The molecule has 0 aliphatic heterocycles. The second-order valence-electron chi connectivity index (χ2n) is 4.26. The second-order valence-corrected chi connectivity index (χ2v) is 4.26. The van der Waals surface area contributed by atoms with Crippen molar-refractivity contribution in [2.45, 2.75) is 38.5 Å². The molecular weight excluding hydrogens is 264 g/mol. The van der Waals surface area contributed by atoms with Crippen LogP contribution in [0.2, 0.25) is 0 Å². The van der Waals surface area contributed by atoms with Crippen LogP contribution >= 0.6 is 0 Å². The van der Waals surface area contributed by atoms with E-state index < -0.39 is 28.9 Å². The van der Waals surface area contributed by atoms with Crippen LogP contribution in [0, 0.1) is 5.82 Å². The van der Waals surface area contributed by atoms with Crippen LogP contribution in [-0.4, -0.2) is 16.5 Å².